The molecular formula is C22H24BrN3O2. The van der Waals surface area contributed by atoms with Crippen molar-refractivity contribution >= 4 is 32.7 Å². The predicted octanol–water partition coefficient (Wildman–Crippen LogP) is 3.66. The first-order valence-corrected chi connectivity index (χ1v) is 10.3. The number of fused-ring (bicyclic) bond motifs is 1. The fourth-order valence-corrected chi connectivity index (χ4v) is 4.11. The lowest BCUT2D eigenvalue weighted by atomic mass is 10.1. The third kappa shape index (κ3) is 3.99. The highest BCUT2D eigenvalue weighted by Gasteiger charge is 2.31. The highest BCUT2D eigenvalue weighted by molar-refractivity contribution is 9.10. The number of nitrogens with zero attached hydrogens (tertiary/aromatic N) is 1. The molecule has 0 saturated carbocycles. The molecule has 3 N–H and O–H groups in total. The second kappa shape index (κ2) is 8.07. The Morgan fingerprint density at radius 3 is 2.86 bits per heavy atom. The van der Waals surface area contributed by atoms with E-state index in [0.29, 0.717) is 13.1 Å². The van der Waals surface area contributed by atoms with Gasteiger partial charge in [0.15, 0.2) is 0 Å². The minimum Gasteiger partial charge on any atom is -0.387 e. The number of amides is 1. The van der Waals surface area contributed by atoms with Crippen LogP contribution in [0.25, 0.3) is 10.9 Å². The van der Waals surface area contributed by atoms with Crippen molar-refractivity contribution in [2.75, 3.05) is 13.1 Å². The van der Waals surface area contributed by atoms with Crippen LogP contribution in [0.3, 0.4) is 0 Å². The zero-order valence-electron chi connectivity index (χ0n) is 15.8. The zero-order chi connectivity index (χ0) is 19.7. The molecule has 3 aromatic rings. The number of rotatable bonds is 6. The lowest BCUT2D eigenvalue weighted by molar-refractivity contribution is -0.130. The first-order chi connectivity index (χ1) is 13.5. The van der Waals surface area contributed by atoms with Gasteiger partial charge in [-0.25, -0.2) is 0 Å². The molecule has 6 heteroatoms. The second-order valence-corrected chi connectivity index (χ2v) is 8.36. The van der Waals surface area contributed by atoms with E-state index in [1.54, 1.807) is 0 Å². The summed E-state index contributed by atoms with van der Waals surface area (Å²) in [6, 6.07) is 14.0. The molecule has 146 valence electrons. The molecule has 1 saturated heterocycles. The molecule has 1 amide bonds. The van der Waals surface area contributed by atoms with E-state index in [9.17, 15) is 9.90 Å². The Labute approximate surface area is 172 Å². The number of likely N-dealkylation sites (tertiary alicyclic amines) is 1. The number of hydrogen-bond acceptors (Lipinski definition) is 3. The lowest BCUT2D eigenvalue weighted by Crippen LogP contribution is -2.39. The summed E-state index contributed by atoms with van der Waals surface area (Å²) in [5.74, 6) is 0.106. The Hall–Kier alpha value is -2.15. The van der Waals surface area contributed by atoms with Crippen LogP contribution in [0.1, 0.15) is 29.2 Å². The number of nitrogens with one attached hydrogen (secondary N) is 2. The maximum atomic E-state index is 12.7. The number of halogens is 1. The Morgan fingerprint density at radius 2 is 2.07 bits per heavy atom. The van der Waals surface area contributed by atoms with Crippen molar-refractivity contribution in [3.63, 3.8) is 0 Å². The van der Waals surface area contributed by atoms with Gasteiger partial charge in [-0.2, -0.15) is 0 Å². The number of H-pyrrole nitrogens is 1. The summed E-state index contributed by atoms with van der Waals surface area (Å²) < 4.78 is 0.971. The molecule has 4 rings (SSSR count). The molecule has 0 bridgehead atoms. The Kier molecular flexibility index (Phi) is 5.53. The van der Waals surface area contributed by atoms with Gasteiger partial charge in [0.2, 0.25) is 5.91 Å². The van der Waals surface area contributed by atoms with Crippen LogP contribution in [0.2, 0.25) is 0 Å². The highest BCUT2D eigenvalue weighted by Crippen LogP contribution is 2.27. The highest BCUT2D eigenvalue weighted by atomic mass is 79.9. The van der Waals surface area contributed by atoms with Crippen LogP contribution < -0.4 is 5.32 Å². The predicted molar refractivity (Wildman–Crippen MR) is 114 cm³/mol. The van der Waals surface area contributed by atoms with Gasteiger partial charge in [0.1, 0.15) is 0 Å². The Balaban J connectivity index is 1.36. The zero-order valence-corrected chi connectivity index (χ0v) is 17.4. The van der Waals surface area contributed by atoms with Gasteiger partial charge in [0.25, 0.3) is 0 Å². The van der Waals surface area contributed by atoms with Crippen LogP contribution in [-0.4, -0.2) is 40.0 Å². The molecule has 1 aromatic heterocycles. The largest absolute Gasteiger partial charge is 0.387 e. The monoisotopic (exact) mass is 441 g/mol. The van der Waals surface area contributed by atoms with E-state index in [1.807, 2.05) is 29.3 Å². The summed E-state index contributed by atoms with van der Waals surface area (Å²) in [6.45, 7) is 3.77. The van der Waals surface area contributed by atoms with E-state index in [4.69, 9.17) is 0 Å². The minimum absolute atomic E-state index is 0.106. The summed E-state index contributed by atoms with van der Waals surface area (Å²) in [7, 11) is 0. The van der Waals surface area contributed by atoms with Crippen LogP contribution in [0, 0.1) is 6.92 Å². The fraction of sp³-hybridized carbons (Fsp3) is 0.318. The molecule has 1 aliphatic rings. The molecule has 0 aliphatic carbocycles. The number of carbonyl (C=O) groups is 1. The van der Waals surface area contributed by atoms with E-state index in [-0.39, 0.29) is 11.9 Å². The van der Waals surface area contributed by atoms with Gasteiger partial charge in [-0.1, -0.05) is 45.8 Å². The standard InChI is InChI=1S/C22H24BrN3O2/c1-14-2-4-15(5-3-14)13-26-9-8-20(22(26)28)25-12-21(27)18-11-24-19-7-6-16(23)10-17(18)19/h2-7,10-11,20-21,24-25,27H,8-9,12-13H2,1H3. The van der Waals surface area contributed by atoms with Crippen molar-refractivity contribution in [2.24, 2.45) is 0 Å². The van der Waals surface area contributed by atoms with Gasteiger partial charge < -0.3 is 20.3 Å². The molecule has 2 unspecified atom stereocenters. The average molecular weight is 442 g/mol. The molecule has 2 aromatic carbocycles. The van der Waals surface area contributed by atoms with Gasteiger partial charge in [0.05, 0.1) is 12.1 Å². The van der Waals surface area contributed by atoms with Gasteiger partial charge in [-0.3, -0.25) is 4.79 Å². The molecule has 1 fully saturated rings. The summed E-state index contributed by atoms with van der Waals surface area (Å²) >= 11 is 3.48. The molecular weight excluding hydrogens is 418 g/mol. The number of aromatic nitrogens is 1. The van der Waals surface area contributed by atoms with Crippen molar-refractivity contribution in [3.05, 3.63) is 69.8 Å². The van der Waals surface area contributed by atoms with E-state index in [1.165, 1.54) is 5.56 Å². The average Bonchev–Trinajstić information content (AvgIpc) is 3.25. The first kappa shape index (κ1) is 19.2. The Morgan fingerprint density at radius 1 is 1.29 bits per heavy atom. The van der Waals surface area contributed by atoms with Crippen LogP contribution in [0.15, 0.2) is 53.1 Å². The summed E-state index contributed by atoms with van der Waals surface area (Å²) in [6.07, 6.45) is 1.92. The number of aryl methyl sites for hydroxylation is 1. The number of aliphatic hydroxyl groups is 1. The SMILES string of the molecule is Cc1ccc(CN2CCC(NCC(O)c3c[nH]c4ccc(Br)cc34)C2=O)cc1. The van der Waals surface area contributed by atoms with Crippen molar-refractivity contribution in [2.45, 2.75) is 32.0 Å². The topological polar surface area (TPSA) is 68.4 Å². The summed E-state index contributed by atoms with van der Waals surface area (Å²) in [5.41, 5.74) is 4.18. The number of benzene rings is 2. The third-order valence-electron chi connectivity index (χ3n) is 5.38. The van der Waals surface area contributed by atoms with Gasteiger partial charge >= 0.3 is 0 Å². The molecule has 2 heterocycles. The minimum atomic E-state index is -0.679. The van der Waals surface area contributed by atoms with Gasteiger partial charge in [-0.05, 0) is 37.1 Å². The van der Waals surface area contributed by atoms with Crippen LogP contribution >= 0.6 is 15.9 Å². The number of hydrogen-bond donors (Lipinski definition) is 3. The van der Waals surface area contributed by atoms with Crippen LogP contribution in [0.4, 0.5) is 0 Å². The Bertz CT molecular complexity index is 983. The van der Waals surface area contributed by atoms with Crippen molar-refractivity contribution < 1.29 is 9.90 Å². The number of carbonyl (C=O) groups excluding carboxylic acids is 1. The molecule has 0 radical (unpaired) electrons. The smallest absolute Gasteiger partial charge is 0.240 e. The number of aliphatic hydroxyl groups excluding tert-OH is 1. The van der Waals surface area contributed by atoms with Crippen molar-refractivity contribution in [3.8, 4) is 0 Å². The van der Waals surface area contributed by atoms with E-state index in [2.05, 4.69) is 57.4 Å². The van der Waals surface area contributed by atoms with Crippen LogP contribution in [-0.2, 0) is 11.3 Å². The molecule has 28 heavy (non-hydrogen) atoms. The van der Waals surface area contributed by atoms with Gasteiger partial charge in [-0.15, -0.1) is 0 Å². The van der Waals surface area contributed by atoms with Crippen LogP contribution in [0.5, 0.6) is 0 Å². The summed E-state index contributed by atoms with van der Waals surface area (Å²) in [4.78, 5) is 17.8. The van der Waals surface area contributed by atoms with Crippen molar-refractivity contribution in [1.82, 2.24) is 15.2 Å². The fourth-order valence-electron chi connectivity index (χ4n) is 3.75. The first-order valence-electron chi connectivity index (χ1n) is 9.53. The molecule has 5 nitrogen and oxygen atoms in total. The molecule has 0 spiro atoms. The molecule has 1 aliphatic heterocycles. The van der Waals surface area contributed by atoms with Gasteiger partial charge in [0, 0.05) is 46.8 Å². The summed E-state index contributed by atoms with van der Waals surface area (Å²) in [5, 5.41) is 14.9. The normalized spacial score (nSPS) is 18.2. The quantitative estimate of drug-likeness (QED) is 0.546. The van der Waals surface area contributed by atoms with E-state index < -0.39 is 6.10 Å². The van der Waals surface area contributed by atoms with Crippen molar-refractivity contribution in [1.29, 1.82) is 0 Å². The lowest BCUT2D eigenvalue weighted by Gasteiger charge is -2.18. The molecule has 2 atom stereocenters. The maximum absolute atomic E-state index is 12.7. The van der Waals surface area contributed by atoms with E-state index >= 15 is 0 Å². The second-order valence-electron chi connectivity index (χ2n) is 7.44. The maximum Gasteiger partial charge on any atom is 0.240 e. The number of aromatic amines is 1. The third-order valence-corrected chi connectivity index (χ3v) is 5.88. The van der Waals surface area contributed by atoms with E-state index in [0.717, 1.165) is 39.5 Å².